The average molecular weight is 286 g/mol. The number of rotatable bonds is 3. The van der Waals surface area contributed by atoms with E-state index in [-0.39, 0.29) is 11.8 Å². The minimum Gasteiger partial charge on any atom is -0.337 e. The van der Waals surface area contributed by atoms with Crippen molar-refractivity contribution in [2.75, 3.05) is 13.1 Å². The van der Waals surface area contributed by atoms with E-state index in [1.54, 1.807) is 6.08 Å². The van der Waals surface area contributed by atoms with E-state index >= 15 is 0 Å². The van der Waals surface area contributed by atoms with Crippen LogP contribution in [0.15, 0.2) is 36.0 Å². The standard InChI is InChI=1S/C17H22N2O2/c1-14(20)18-16(13-15-9-5-4-6-10-15)17(21)19-11-7-2-3-8-12-19/h4-6,9-10,13H,2-3,7-8,11-12H2,1H3,(H,18,20). The van der Waals surface area contributed by atoms with Gasteiger partial charge in [-0.1, -0.05) is 43.2 Å². The molecule has 0 bridgehead atoms. The van der Waals surface area contributed by atoms with E-state index in [2.05, 4.69) is 5.32 Å². The summed E-state index contributed by atoms with van der Waals surface area (Å²) in [6.07, 6.45) is 6.15. The average Bonchev–Trinajstić information content (AvgIpc) is 2.75. The molecule has 0 atom stereocenters. The summed E-state index contributed by atoms with van der Waals surface area (Å²) in [5.74, 6) is -0.309. The molecule has 1 aliphatic heterocycles. The van der Waals surface area contributed by atoms with E-state index in [0.29, 0.717) is 5.70 Å². The largest absolute Gasteiger partial charge is 0.337 e. The van der Waals surface area contributed by atoms with Crippen molar-refractivity contribution in [3.8, 4) is 0 Å². The molecule has 1 fully saturated rings. The molecule has 21 heavy (non-hydrogen) atoms. The highest BCUT2D eigenvalue weighted by atomic mass is 16.2. The molecule has 0 saturated carbocycles. The normalized spacial score (nSPS) is 16.2. The summed E-state index contributed by atoms with van der Waals surface area (Å²) in [6.45, 7) is 2.96. The van der Waals surface area contributed by atoms with E-state index in [0.717, 1.165) is 31.5 Å². The molecule has 0 aliphatic carbocycles. The van der Waals surface area contributed by atoms with Crippen LogP contribution in [0.1, 0.15) is 38.2 Å². The van der Waals surface area contributed by atoms with Crippen molar-refractivity contribution in [1.82, 2.24) is 10.2 Å². The van der Waals surface area contributed by atoms with Crippen LogP contribution < -0.4 is 5.32 Å². The molecule has 1 aromatic carbocycles. The number of benzene rings is 1. The topological polar surface area (TPSA) is 49.4 Å². The van der Waals surface area contributed by atoms with Gasteiger partial charge in [-0.15, -0.1) is 0 Å². The minimum absolute atomic E-state index is 0.0871. The zero-order chi connectivity index (χ0) is 15.1. The molecule has 4 nitrogen and oxygen atoms in total. The molecule has 0 radical (unpaired) electrons. The molecule has 0 unspecified atom stereocenters. The second-order valence-corrected chi connectivity index (χ2v) is 5.36. The van der Waals surface area contributed by atoms with Crippen LogP contribution in [0.25, 0.3) is 6.08 Å². The summed E-state index contributed by atoms with van der Waals surface area (Å²) < 4.78 is 0. The molecule has 1 heterocycles. The molecule has 1 aromatic rings. The van der Waals surface area contributed by atoms with Gasteiger partial charge in [0.1, 0.15) is 5.70 Å². The summed E-state index contributed by atoms with van der Waals surface area (Å²) >= 11 is 0. The lowest BCUT2D eigenvalue weighted by molar-refractivity contribution is -0.129. The Morgan fingerprint density at radius 2 is 1.67 bits per heavy atom. The van der Waals surface area contributed by atoms with Gasteiger partial charge in [0.15, 0.2) is 0 Å². The van der Waals surface area contributed by atoms with E-state index in [4.69, 9.17) is 0 Å². The Balaban J connectivity index is 2.20. The maximum Gasteiger partial charge on any atom is 0.270 e. The summed E-state index contributed by atoms with van der Waals surface area (Å²) in [7, 11) is 0. The predicted molar refractivity (Wildman–Crippen MR) is 83.3 cm³/mol. The number of carbonyl (C=O) groups is 2. The Morgan fingerprint density at radius 1 is 1.05 bits per heavy atom. The third kappa shape index (κ3) is 4.74. The molecule has 2 rings (SSSR count). The van der Waals surface area contributed by atoms with Crippen LogP contribution in [0.3, 0.4) is 0 Å². The predicted octanol–water partition coefficient (Wildman–Crippen LogP) is 2.57. The third-order valence-corrected chi connectivity index (χ3v) is 3.54. The fraction of sp³-hybridized carbons (Fsp3) is 0.412. The number of nitrogens with one attached hydrogen (secondary N) is 1. The van der Waals surface area contributed by atoms with E-state index < -0.39 is 0 Å². The van der Waals surface area contributed by atoms with Gasteiger partial charge in [-0.3, -0.25) is 9.59 Å². The quantitative estimate of drug-likeness (QED) is 0.868. The van der Waals surface area contributed by atoms with Crippen molar-refractivity contribution < 1.29 is 9.59 Å². The van der Waals surface area contributed by atoms with Crippen molar-refractivity contribution >= 4 is 17.9 Å². The van der Waals surface area contributed by atoms with Crippen molar-refractivity contribution in [3.05, 3.63) is 41.6 Å². The van der Waals surface area contributed by atoms with Gasteiger partial charge in [-0.2, -0.15) is 0 Å². The SMILES string of the molecule is CC(=O)NC(=Cc1ccccc1)C(=O)N1CCCCCC1. The van der Waals surface area contributed by atoms with Crippen molar-refractivity contribution in [2.24, 2.45) is 0 Å². The highest BCUT2D eigenvalue weighted by Gasteiger charge is 2.20. The fourth-order valence-corrected chi connectivity index (χ4v) is 2.50. The Morgan fingerprint density at radius 3 is 2.24 bits per heavy atom. The van der Waals surface area contributed by atoms with Crippen LogP contribution in [0.4, 0.5) is 0 Å². The summed E-state index contributed by atoms with van der Waals surface area (Å²) in [4.78, 5) is 25.9. The summed E-state index contributed by atoms with van der Waals surface area (Å²) in [6, 6.07) is 9.57. The molecule has 0 spiro atoms. The van der Waals surface area contributed by atoms with Crippen LogP contribution in [0.5, 0.6) is 0 Å². The highest BCUT2D eigenvalue weighted by Crippen LogP contribution is 2.13. The molecule has 2 amide bonds. The first-order chi connectivity index (χ1) is 10.2. The lowest BCUT2D eigenvalue weighted by atomic mass is 10.2. The Hall–Kier alpha value is -2.10. The van der Waals surface area contributed by atoms with Crippen LogP contribution in [0.2, 0.25) is 0 Å². The van der Waals surface area contributed by atoms with Crippen molar-refractivity contribution in [1.29, 1.82) is 0 Å². The van der Waals surface area contributed by atoms with E-state index in [1.807, 2.05) is 35.2 Å². The number of nitrogens with zero attached hydrogens (tertiary/aromatic N) is 1. The second kappa shape index (κ2) is 7.62. The van der Waals surface area contributed by atoms with Gasteiger partial charge >= 0.3 is 0 Å². The third-order valence-electron chi connectivity index (χ3n) is 3.54. The Kier molecular flexibility index (Phi) is 5.55. The lowest BCUT2D eigenvalue weighted by Crippen LogP contribution is -2.38. The molecule has 1 aliphatic rings. The Bertz CT molecular complexity index is 515. The van der Waals surface area contributed by atoms with Gasteiger partial charge < -0.3 is 10.2 Å². The van der Waals surface area contributed by atoms with Crippen LogP contribution in [-0.2, 0) is 9.59 Å². The molecule has 0 aromatic heterocycles. The molecule has 4 heteroatoms. The van der Waals surface area contributed by atoms with Gasteiger partial charge in [-0.05, 0) is 24.5 Å². The van der Waals surface area contributed by atoms with Gasteiger partial charge in [0.2, 0.25) is 5.91 Å². The number of carbonyl (C=O) groups excluding carboxylic acids is 2. The van der Waals surface area contributed by atoms with Crippen molar-refractivity contribution in [3.63, 3.8) is 0 Å². The highest BCUT2D eigenvalue weighted by molar-refractivity contribution is 6.00. The van der Waals surface area contributed by atoms with Crippen LogP contribution >= 0.6 is 0 Å². The lowest BCUT2D eigenvalue weighted by Gasteiger charge is -2.22. The zero-order valence-electron chi connectivity index (χ0n) is 12.5. The minimum atomic E-state index is -0.222. The number of hydrogen-bond acceptors (Lipinski definition) is 2. The number of likely N-dealkylation sites (tertiary alicyclic amines) is 1. The fourth-order valence-electron chi connectivity index (χ4n) is 2.50. The summed E-state index contributed by atoms with van der Waals surface area (Å²) in [5.41, 5.74) is 1.26. The van der Waals surface area contributed by atoms with E-state index in [1.165, 1.54) is 19.8 Å². The van der Waals surface area contributed by atoms with Crippen LogP contribution in [-0.4, -0.2) is 29.8 Å². The van der Waals surface area contributed by atoms with Gasteiger partial charge in [-0.25, -0.2) is 0 Å². The first kappa shape index (κ1) is 15.3. The van der Waals surface area contributed by atoms with Gasteiger partial charge in [0.05, 0.1) is 0 Å². The zero-order valence-corrected chi connectivity index (χ0v) is 12.5. The first-order valence-corrected chi connectivity index (χ1v) is 7.50. The molecular weight excluding hydrogens is 264 g/mol. The number of hydrogen-bond donors (Lipinski definition) is 1. The molecule has 112 valence electrons. The van der Waals surface area contributed by atoms with Gasteiger partial charge in [0.25, 0.3) is 5.91 Å². The Labute approximate surface area is 125 Å². The monoisotopic (exact) mass is 286 g/mol. The number of amides is 2. The maximum atomic E-state index is 12.6. The van der Waals surface area contributed by atoms with Crippen molar-refractivity contribution in [2.45, 2.75) is 32.6 Å². The summed E-state index contributed by atoms with van der Waals surface area (Å²) in [5, 5.41) is 2.68. The molecular formula is C17H22N2O2. The van der Waals surface area contributed by atoms with Gasteiger partial charge in [0, 0.05) is 20.0 Å². The van der Waals surface area contributed by atoms with E-state index in [9.17, 15) is 9.59 Å². The smallest absolute Gasteiger partial charge is 0.270 e. The first-order valence-electron chi connectivity index (χ1n) is 7.50. The van der Waals surface area contributed by atoms with Crippen LogP contribution in [0, 0.1) is 0 Å². The second-order valence-electron chi connectivity index (χ2n) is 5.36. The molecule has 1 saturated heterocycles. The maximum absolute atomic E-state index is 12.6. The molecule has 1 N–H and O–H groups in total.